The van der Waals surface area contributed by atoms with Crippen LogP contribution in [0, 0.1) is 0 Å². The molecule has 0 atom stereocenters. The summed E-state index contributed by atoms with van der Waals surface area (Å²) in [5, 5.41) is 0. The zero-order valence-electron chi connectivity index (χ0n) is 10.1. The normalized spacial score (nSPS) is 11.5. The molecule has 2 nitrogen and oxygen atoms in total. The van der Waals surface area contributed by atoms with Crippen molar-refractivity contribution in [1.82, 2.24) is 0 Å². The smallest absolute Gasteiger partial charge is 0.112 e. The first kappa shape index (κ1) is 12.8. The van der Waals surface area contributed by atoms with Crippen LogP contribution in [0.5, 0.6) is 0 Å². The summed E-state index contributed by atoms with van der Waals surface area (Å²) in [5.41, 5.74) is 2.40. The maximum Gasteiger partial charge on any atom is 0.112 e. The van der Waals surface area contributed by atoms with Crippen molar-refractivity contribution in [2.75, 3.05) is 13.7 Å². The van der Waals surface area contributed by atoms with Crippen molar-refractivity contribution in [3.63, 3.8) is 0 Å². The van der Waals surface area contributed by atoms with Crippen LogP contribution in [0.25, 0.3) is 0 Å². The SMILES string of the molecule is CCCC(=COCc1ccccc1)COC. The van der Waals surface area contributed by atoms with Crippen LogP contribution in [0.2, 0.25) is 0 Å². The summed E-state index contributed by atoms with van der Waals surface area (Å²) >= 11 is 0. The van der Waals surface area contributed by atoms with E-state index in [0.717, 1.165) is 12.8 Å². The van der Waals surface area contributed by atoms with E-state index in [1.807, 2.05) is 24.5 Å². The van der Waals surface area contributed by atoms with Gasteiger partial charge in [0.2, 0.25) is 0 Å². The van der Waals surface area contributed by atoms with E-state index in [9.17, 15) is 0 Å². The summed E-state index contributed by atoms with van der Waals surface area (Å²) < 4.78 is 10.7. The van der Waals surface area contributed by atoms with E-state index >= 15 is 0 Å². The van der Waals surface area contributed by atoms with Gasteiger partial charge in [0, 0.05) is 7.11 Å². The Morgan fingerprint density at radius 1 is 1.25 bits per heavy atom. The number of hydrogen-bond acceptors (Lipinski definition) is 2. The molecule has 0 aliphatic carbocycles. The van der Waals surface area contributed by atoms with Gasteiger partial charge in [-0.15, -0.1) is 0 Å². The quantitative estimate of drug-likeness (QED) is 0.654. The van der Waals surface area contributed by atoms with Gasteiger partial charge in [-0.2, -0.15) is 0 Å². The molecule has 0 heterocycles. The highest BCUT2D eigenvalue weighted by atomic mass is 16.5. The van der Waals surface area contributed by atoms with E-state index in [4.69, 9.17) is 9.47 Å². The Morgan fingerprint density at radius 2 is 2.00 bits per heavy atom. The minimum atomic E-state index is 0.623. The van der Waals surface area contributed by atoms with E-state index in [1.54, 1.807) is 7.11 Å². The summed E-state index contributed by atoms with van der Waals surface area (Å²) in [7, 11) is 1.71. The summed E-state index contributed by atoms with van der Waals surface area (Å²) in [6.07, 6.45) is 3.98. The second-order valence-corrected chi connectivity index (χ2v) is 3.76. The average molecular weight is 220 g/mol. The van der Waals surface area contributed by atoms with Crippen LogP contribution in [0.15, 0.2) is 42.2 Å². The molecule has 0 bridgehead atoms. The largest absolute Gasteiger partial charge is 0.496 e. The number of benzene rings is 1. The van der Waals surface area contributed by atoms with E-state index in [2.05, 4.69) is 19.1 Å². The lowest BCUT2D eigenvalue weighted by Gasteiger charge is -2.06. The van der Waals surface area contributed by atoms with Gasteiger partial charge in [0.25, 0.3) is 0 Å². The Hall–Kier alpha value is -1.28. The van der Waals surface area contributed by atoms with Crippen molar-refractivity contribution in [2.24, 2.45) is 0 Å². The minimum Gasteiger partial charge on any atom is -0.496 e. The molecule has 0 radical (unpaired) electrons. The van der Waals surface area contributed by atoms with Gasteiger partial charge in [-0.05, 0) is 17.6 Å². The van der Waals surface area contributed by atoms with Crippen molar-refractivity contribution in [1.29, 1.82) is 0 Å². The zero-order valence-corrected chi connectivity index (χ0v) is 10.1. The van der Waals surface area contributed by atoms with E-state index < -0.39 is 0 Å². The third kappa shape index (κ3) is 4.99. The number of methoxy groups -OCH3 is 1. The number of hydrogen-bond donors (Lipinski definition) is 0. The molecule has 88 valence electrons. The summed E-state index contributed by atoms with van der Waals surface area (Å²) in [6.45, 7) is 3.43. The maximum atomic E-state index is 5.54. The lowest BCUT2D eigenvalue weighted by molar-refractivity contribution is 0.201. The van der Waals surface area contributed by atoms with Crippen molar-refractivity contribution in [3.05, 3.63) is 47.7 Å². The van der Waals surface area contributed by atoms with E-state index in [0.29, 0.717) is 13.2 Å². The van der Waals surface area contributed by atoms with Gasteiger partial charge in [-0.3, -0.25) is 0 Å². The van der Waals surface area contributed by atoms with Gasteiger partial charge in [-0.25, -0.2) is 0 Å². The van der Waals surface area contributed by atoms with Crippen molar-refractivity contribution < 1.29 is 9.47 Å². The summed E-state index contributed by atoms with van der Waals surface area (Å²) in [6, 6.07) is 10.2. The topological polar surface area (TPSA) is 18.5 Å². The summed E-state index contributed by atoms with van der Waals surface area (Å²) in [5.74, 6) is 0. The Balaban J connectivity index is 2.38. The van der Waals surface area contributed by atoms with Crippen LogP contribution in [0.3, 0.4) is 0 Å². The average Bonchev–Trinajstić information content (AvgIpc) is 2.31. The molecule has 0 fully saturated rings. The first-order chi connectivity index (χ1) is 7.86. The monoisotopic (exact) mass is 220 g/mol. The molecule has 0 aliphatic rings. The highest BCUT2D eigenvalue weighted by Crippen LogP contribution is 2.07. The van der Waals surface area contributed by atoms with Crippen LogP contribution >= 0.6 is 0 Å². The lowest BCUT2D eigenvalue weighted by atomic mass is 10.2. The van der Waals surface area contributed by atoms with Crippen molar-refractivity contribution in [2.45, 2.75) is 26.4 Å². The van der Waals surface area contributed by atoms with Gasteiger partial charge in [0.1, 0.15) is 6.61 Å². The second-order valence-electron chi connectivity index (χ2n) is 3.76. The van der Waals surface area contributed by atoms with Crippen molar-refractivity contribution >= 4 is 0 Å². The van der Waals surface area contributed by atoms with E-state index in [1.165, 1.54) is 11.1 Å². The van der Waals surface area contributed by atoms with Crippen LogP contribution in [0.1, 0.15) is 25.3 Å². The van der Waals surface area contributed by atoms with Gasteiger partial charge in [-0.1, -0.05) is 43.7 Å². The van der Waals surface area contributed by atoms with Gasteiger partial charge in [0.15, 0.2) is 0 Å². The molecule has 0 N–H and O–H groups in total. The van der Waals surface area contributed by atoms with E-state index in [-0.39, 0.29) is 0 Å². The fraction of sp³-hybridized carbons (Fsp3) is 0.429. The fourth-order valence-electron chi connectivity index (χ4n) is 1.50. The van der Waals surface area contributed by atoms with Crippen LogP contribution in [-0.4, -0.2) is 13.7 Å². The Kier molecular flexibility index (Phi) is 6.35. The van der Waals surface area contributed by atoms with Crippen LogP contribution in [0.4, 0.5) is 0 Å². The molecule has 0 amide bonds. The first-order valence-electron chi connectivity index (χ1n) is 5.69. The molecule has 1 aromatic rings. The molecular formula is C14H20O2. The maximum absolute atomic E-state index is 5.54. The molecule has 2 heteroatoms. The predicted octanol–water partition coefficient (Wildman–Crippen LogP) is 3.53. The van der Waals surface area contributed by atoms with Crippen LogP contribution < -0.4 is 0 Å². The number of ether oxygens (including phenoxy) is 2. The highest BCUT2D eigenvalue weighted by Gasteiger charge is 1.96. The van der Waals surface area contributed by atoms with Gasteiger partial charge < -0.3 is 9.47 Å². The lowest BCUT2D eigenvalue weighted by Crippen LogP contribution is -1.96. The predicted molar refractivity (Wildman–Crippen MR) is 66.1 cm³/mol. The number of rotatable bonds is 7. The molecule has 1 rings (SSSR count). The van der Waals surface area contributed by atoms with Crippen molar-refractivity contribution in [3.8, 4) is 0 Å². The Labute approximate surface area is 97.9 Å². The molecule has 0 saturated heterocycles. The zero-order chi connectivity index (χ0) is 11.6. The fourth-order valence-corrected chi connectivity index (χ4v) is 1.50. The van der Waals surface area contributed by atoms with Gasteiger partial charge in [0.05, 0.1) is 12.9 Å². The minimum absolute atomic E-state index is 0.623. The Morgan fingerprint density at radius 3 is 2.62 bits per heavy atom. The first-order valence-corrected chi connectivity index (χ1v) is 5.69. The molecule has 0 aliphatic heterocycles. The Bertz CT molecular complexity index is 296. The van der Waals surface area contributed by atoms with Gasteiger partial charge >= 0.3 is 0 Å². The molecule has 1 aromatic carbocycles. The molecule has 16 heavy (non-hydrogen) atoms. The van der Waals surface area contributed by atoms with Crippen LogP contribution in [-0.2, 0) is 16.1 Å². The summed E-state index contributed by atoms with van der Waals surface area (Å²) in [4.78, 5) is 0. The molecule has 0 unspecified atom stereocenters. The third-order valence-electron chi connectivity index (χ3n) is 2.24. The molecule has 0 saturated carbocycles. The highest BCUT2D eigenvalue weighted by molar-refractivity contribution is 5.13. The molecule has 0 aromatic heterocycles. The third-order valence-corrected chi connectivity index (χ3v) is 2.24. The second kappa shape index (κ2) is 7.94. The standard InChI is InChI=1S/C14H20O2/c1-3-7-14(10-15-2)12-16-11-13-8-5-4-6-9-13/h4-6,8-9,12H,3,7,10-11H2,1-2H3. The molecule has 0 spiro atoms. The molecular weight excluding hydrogens is 200 g/mol.